The topological polar surface area (TPSA) is 100 Å². The molecule has 3 aromatic carbocycles. The summed E-state index contributed by atoms with van der Waals surface area (Å²) in [6.07, 6.45) is 0. The lowest BCUT2D eigenvalue weighted by Crippen LogP contribution is -2.19. The Morgan fingerprint density at radius 2 is 1.68 bits per heavy atom. The number of carbonyl (C=O) groups is 1. The van der Waals surface area contributed by atoms with Crippen molar-refractivity contribution in [3.63, 3.8) is 0 Å². The summed E-state index contributed by atoms with van der Waals surface area (Å²) in [5, 5.41) is 4.67. The summed E-state index contributed by atoms with van der Waals surface area (Å²) in [4.78, 5) is 15.2. The fourth-order valence-corrected chi connectivity index (χ4v) is 2.96. The van der Waals surface area contributed by atoms with Crippen molar-refractivity contribution < 1.29 is 18.8 Å². The van der Waals surface area contributed by atoms with Gasteiger partial charge in [-0.3, -0.25) is 4.79 Å². The highest BCUT2D eigenvalue weighted by atomic mass is 35.5. The number of rotatable bonds is 8. The highest BCUT2D eigenvalue weighted by molar-refractivity contribution is 6.30. The summed E-state index contributed by atoms with van der Waals surface area (Å²) in [7, 11) is 0. The van der Waals surface area contributed by atoms with Crippen LogP contribution >= 0.6 is 11.6 Å². The molecule has 0 saturated heterocycles. The van der Waals surface area contributed by atoms with Crippen molar-refractivity contribution in [3.8, 4) is 34.3 Å². The molecule has 1 amide bonds. The summed E-state index contributed by atoms with van der Waals surface area (Å²) in [6.45, 7) is 0.242. The number of aromatic nitrogens is 2. The Balaban J connectivity index is 1.40. The van der Waals surface area contributed by atoms with Crippen LogP contribution in [0, 0.1) is 0 Å². The second-order valence-corrected chi connectivity index (χ2v) is 7.08. The molecule has 0 saturated carbocycles. The Hall–Kier alpha value is -3.84. The van der Waals surface area contributed by atoms with E-state index < -0.39 is 5.91 Å². The van der Waals surface area contributed by atoms with Crippen LogP contribution in [0.4, 0.5) is 0 Å². The van der Waals surface area contributed by atoms with E-state index in [-0.39, 0.29) is 6.61 Å². The number of amides is 1. The maximum Gasteiger partial charge on any atom is 0.258 e. The van der Waals surface area contributed by atoms with E-state index in [1.165, 1.54) is 0 Å². The minimum absolute atomic E-state index is 0.175. The van der Waals surface area contributed by atoms with Crippen molar-refractivity contribution >= 4 is 17.5 Å². The van der Waals surface area contributed by atoms with Crippen molar-refractivity contribution in [2.45, 2.75) is 6.61 Å². The molecule has 0 spiro atoms. The van der Waals surface area contributed by atoms with Gasteiger partial charge < -0.3 is 19.7 Å². The van der Waals surface area contributed by atoms with Gasteiger partial charge >= 0.3 is 0 Å². The van der Waals surface area contributed by atoms with E-state index in [2.05, 4.69) is 10.1 Å². The van der Waals surface area contributed by atoms with Gasteiger partial charge in [-0.25, -0.2) is 0 Å². The van der Waals surface area contributed by atoms with Crippen LogP contribution in [-0.4, -0.2) is 22.7 Å². The zero-order valence-electron chi connectivity index (χ0n) is 16.3. The number of primary amides is 1. The van der Waals surface area contributed by atoms with Crippen molar-refractivity contribution in [1.29, 1.82) is 0 Å². The van der Waals surface area contributed by atoms with Gasteiger partial charge in [-0.1, -0.05) is 35.0 Å². The van der Waals surface area contributed by atoms with Crippen LogP contribution in [0.1, 0.15) is 5.56 Å². The monoisotopic (exact) mass is 435 g/mol. The molecule has 0 aliphatic heterocycles. The number of hydrogen-bond donors (Lipinski definition) is 1. The van der Waals surface area contributed by atoms with E-state index in [0.29, 0.717) is 34.8 Å². The van der Waals surface area contributed by atoms with Crippen LogP contribution in [0.15, 0.2) is 77.3 Å². The van der Waals surface area contributed by atoms with E-state index >= 15 is 0 Å². The third-order valence-corrected chi connectivity index (χ3v) is 4.56. The SMILES string of the molecule is NC(=O)COc1ccc(-c2noc(-c3ccc(COc4cccc(Cl)c4)cc3)n2)cc1. The molecule has 0 aliphatic rings. The van der Waals surface area contributed by atoms with Crippen LogP contribution < -0.4 is 15.2 Å². The Kier molecular flexibility index (Phi) is 6.14. The normalized spacial score (nSPS) is 10.6. The van der Waals surface area contributed by atoms with E-state index in [1.54, 1.807) is 36.4 Å². The molecule has 1 heterocycles. The van der Waals surface area contributed by atoms with Gasteiger partial charge in [0.15, 0.2) is 6.61 Å². The molecule has 156 valence electrons. The minimum Gasteiger partial charge on any atom is -0.489 e. The lowest BCUT2D eigenvalue weighted by atomic mass is 10.1. The average Bonchev–Trinajstić information content (AvgIpc) is 3.27. The molecule has 8 heteroatoms. The summed E-state index contributed by atoms with van der Waals surface area (Å²) in [6, 6.07) is 21.9. The quantitative estimate of drug-likeness (QED) is 0.437. The lowest BCUT2D eigenvalue weighted by molar-refractivity contribution is -0.119. The van der Waals surface area contributed by atoms with Gasteiger partial charge in [0, 0.05) is 16.1 Å². The summed E-state index contributed by atoms with van der Waals surface area (Å²) < 4.78 is 16.4. The molecule has 1 aromatic heterocycles. The Labute approximate surface area is 183 Å². The van der Waals surface area contributed by atoms with Crippen molar-refractivity contribution in [1.82, 2.24) is 10.1 Å². The molecule has 31 heavy (non-hydrogen) atoms. The van der Waals surface area contributed by atoms with E-state index in [0.717, 1.165) is 16.7 Å². The van der Waals surface area contributed by atoms with Gasteiger partial charge in [-0.15, -0.1) is 0 Å². The average molecular weight is 436 g/mol. The third-order valence-electron chi connectivity index (χ3n) is 4.32. The predicted octanol–water partition coefficient (Wildman–Crippen LogP) is 4.50. The Morgan fingerprint density at radius 1 is 0.935 bits per heavy atom. The molecule has 0 fully saturated rings. The first-order valence-electron chi connectivity index (χ1n) is 9.40. The van der Waals surface area contributed by atoms with E-state index in [9.17, 15) is 4.79 Å². The van der Waals surface area contributed by atoms with Crippen LogP contribution in [0.25, 0.3) is 22.8 Å². The standard InChI is InChI=1S/C23H18ClN3O4/c24-18-2-1-3-20(12-18)29-13-15-4-6-17(7-5-15)23-26-22(27-31-23)16-8-10-19(11-9-16)30-14-21(25)28/h1-12H,13-14H2,(H2,25,28). The van der Waals surface area contributed by atoms with Crippen molar-refractivity contribution in [3.05, 3.63) is 83.4 Å². The number of nitrogens with two attached hydrogens (primary N) is 1. The molecular formula is C23H18ClN3O4. The first kappa shape index (κ1) is 20.4. The molecule has 2 N–H and O–H groups in total. The van der Waals surface area contributed by atoms with E-state index in [1.807, 2.05) is 36.4 Å². The fraction of sp³-hybridized carbons (Fsp3) is 0.0870. The van der Waals surface area contributed by atoms with Crippen molar-refractivity contribution in [2.75, 3.05) is 6.61 Å². The molecular weight excluding hydrogens is 418 g/mol. The zero-order chi connectivity index (χ0) is 21.6. The number of nitrogens with zero attached hydrogens (tertiary/aromatic N) is 2. The molecule has 0 aliphatic carbocycles. The van der Waals surface area contributed by atoms with Crippen LogP contribution in [-0.2, 0) is 11.4 Å². The van der Waals surface area contributed by atoms with Gasteiger partial charge in [0.1, 0.15) is 18.1 Å². The first-order chi connectivity index (χ1) is 15.1. The largest absolute Gasteiger partial charge is 0.489 e. The van der Waals surface area contributed by atoms with Crippen molar-refractivity contribution in [2.24, 2.45) is 5.73 Å². The minimum atomic E-state index is -0.533. The summed E-state index contributed by atoms with van der Waals surface area (Å²) in [5.74, 6) is 1.57. The second-order valence-electron chi connectivity index (χ2n) is 6.65. The smallest absolute Gasteiger partial charge is 0.258 e. The van der Waals surface area contributed by atoms with Crippen LogP contribution in [0.3, 0.4) is 0 Å². The number of carbonyl (C=O) groups excluding carboxylic acids is 1. The lowest BCUT2D eigenvalue weighted by Gasteiger charge is -2.06. The zero-order valence-corrected chi connectivity index (χ0v) is 17.1. The van der Waals surface area contributed by atoms with Gasteiger partial charge in [-0.2, -0.15) is 4.98 Å². The number of hydrogen-bond acceptors (Lipinski definition) is 6. The maximum atomic E-state index is 10.8. The second kappa shape index (κ2) is 9.32. The highest BCUT2D eigenvalue weighted by Gasteiger charge is 2.11. The predicted molar refractivity (Wildman–Crippen MR) is 116 cm³/mol. The summed E-state index contributed by atoms with van der Waals surface area (Å²) in [5.41, 5.74) is 7.62. The molecule has 4 aromatic rings. The molecule has 4 rings (SSSR count). The molecule has 7 nitrogen and oxygen atoms in total. The Morgan fingerprint density at radius 3 is 2.39 bits per heavy atom. The summed E-state index contributed by atoms with van der Waals surface area (Å²) >= 11 is 5.97. The van der Waals surface area contributed by atoms with E-state index in [4.69, 9.17) is 31.3 Å². The van der Waals surface area contributed by atoms with Crippen LogP contribution in [0.2, 0.25) is 5.02 Å². The van der Waals surface area contributed by atoms with Gasteiger partial charge in [0.2, 0.25) is 5.82 Å². The molecule has 0 bridgehead atoms. The highest BCUT2D eigenvalue weighted by Crippen LogP contribution is 2.25. The first-order valence-corrected chi connectivity index (χ1v) is 9.77. The number of halogens is 1. The van der Waals surface area contributed by atoms with Gasteiger partial charge in [-0.05, 0) is 60.2 Å². The fourth-order valence-electron chi connectivity index (χ4n) is 2.78. The maximum absolute atomic E-state index is 10.8. The third kappa shape index (κ3) is 5.40. The number of benzene rings is 3. The van der Waals surface area contributed by atoms with Gasteiger partial charge in [0.05, 0.1) is 0 Å². The molecule has 0 unspecified atom stereocenters. The Bertz CT molecular complexity index is 1170. The van der Waals surface area contributed by atoms with Gasteiger partial charge in [0.25, 0.3) is 11.8 Å². The molecule has 0 radical (unpaired) electrons. The number of ether oxygens (including phenoxy) is 2. The molecule has 0 atom stereocenters. The van der Waals surface area contributed by atoms with Crippen LogP contribution in [0.5, 0.6) is 11.5 Å².